The Morgan fingerprint density at radius 1 is 1.45 bits per heavy atom. The number of hydrogen-bond donors (Lipinski definition) is 1. The van der Waals surface area contributed by atoms with Crippen LogP contribution in [0.2, 0.25) is 0 Å². The summed E-state index contributed by atoms with van der Waals surface area (Å²) in [6.45, 7) is 1.74. The number of halogens is 2. The van der Waals surface area contributed by atoms with E-state index in [4.69, 9.17) is 4.52 Å². The third-order valence-electron chi connectivity index (χ3n) is 2.41. The SMILES string of the molecule is Cc1nc(CCNS(=O)(=O)c2ccc(Br)c(F)c2)no1. The lowest BCUT2D eigenvalue weighted by molar-refractivity contribution is 0.387. The monoisotopic (exact) mass is 363 g/mol. The van der Waals surface area contributed by atoms with Gasteiger partial charge in [-0.15, -0.1) is 0 Å². The fourth-order valence-corrected chi connectivity index (χ4v) is 2.76. The van der Waals surface area contributed by atoms with Gasteiger partial charge in [-0.1, -0.05) is 5.16 Å². The molecule has 0 aliphatic heterocycles. The molecule has 0 fully saturated rings. The summed E-state index contributed by atoms with van der Waals surface area (Å²) in [6, 6.07) is 3.60. The lowest BCUT2D eigenvalue weighted by Crippen LogP contribution is -2.26. The number of benzene rings is 1. The first kappa shape index (κ1) is 15.1. The summed E-state index contributed by atoms with van der Waals surface area (Å²) in [6.07, 6.45) is 0.287. The number of hydrogen-bond acceptors (Lipinski definition) is 5. The fraction of sp³-hybridized carbons (Fsp3) is 0.273. The topological polar surface area (TPSA) is 85.1 Å². The molecule has 2 aromatic rings. The molecule has 6 nitrogen and oxygen atoms in total. The number of rotatable bonds is 5. The van der Waals surface area contributed by atoms with Crippen LogP contribution < -0.4 is 4.72 Å². The van der Waals surface area contributed by atoms with Crippen molar-refractivity contribution in [3.05, 3.63) is 40.2 Å². The molecule has 0 amide bonds. The third-order valence-corrected chi connectivity index (χ3v) is 4.51. The van der Waals surface area contributed by atoms with E-state index in [9.17, 15) is 12.8 Å². The molecule has 1 heterocycles. The summed E-state index contributed by atoms with van der Waals surface area (Å²) < 4.78 is 44.5. The Labute approximate surface area is 123 Å². The molecule has 0 radical (unpaired) electrons. The molecule has 2 rings (SSSR count). The van der Waals surface area contributed by atoms with Crippen molar-refractivity contribution in [1.29, 1.82) is 0 Å². The van der Waals surface area contributed by atoms with Crippen LogP contribution in [0.3, 0.4) is 0 Å². The smallest absolute Gasteiger partial charge is 0.240 e. The minimum Gasteiger partial charge on any atom is -0.340 e. The van der Waals surface area contributed by atoms with E-state index in [1.165, 1.54) is 12.1 Å². The summed E-state index contributed by atoms with van der Waals surface area (Å²) in [5.41, 5.74) is 0. The molecule has 108 valence electrons. The summed E-state index contributed by atoms with van der Waals surface area (Å²) >= 11 is 2.96. The van der Waals surface area contributed by atoms with Crippen molar-refractivity contribution < 1.29 is 17.3 Å². The molecule has 0 spiro atoms. The van der Waals surface area contributed by atoms with Crippen molar-refractivity contribution in [2.24, 2.45) is 0 Å². The maximum atomic E-state index is 13.3. The molecular formula is C11H11BrFN3O3S. The first-order valence-corrected chi connectivity index (χ1v) is 7.90. The van der Waals surface area contributed by atoms with Crippen molar-refractivity contribution in [3.8, 4) is 0 Å². The highest BCUT2D eigenvalue weighted by molar-refractivity contribution is 9.10. The number of nitrogens with one attached hydrogen (secondary N) is 1. The van der Waals surface area contributed by atoms with Gasteiger partial charge in [0.1, 0.15) is 5.82 Å². The molecule has 1 N–H and O–H groups in total. The predicted octanol–water partition coefficient (Wildman–Crippen LogP) is 1.80. The molecule has 0 bridgehead atoms. The minimum absolute atomic E-state index is 0.0962. The standard InChI is InChI=1S/C11H11BrFN3O3S/c1-7-15-11(16-19-7)4-5-14-20(17,18)8-2-3-9(12)10(13)6-8/h2-3,6,14H,4-5H2,1H3. The van der Waals surface area contributed by atoms with Gasteiger partial charge in [0, 0.05) is 19.9 Å². The molecule has 1 aromatic carbocycles. The van der Waals surface area contributed by atoms with Gasteiger partial charge in [-0.3, -0.25) is 0 Å². The van der Waals surface area contributed by atoms with Crippen LogP contribution in [0.4, 0.5) is 4.39 Å². The molecule has 9 heteroatoms. The van der Waals surface area contributed by atoms with Crippen LogP contribution in [0.15, 0.2) is 32.1 Å². The summed E-state index contributed by atoms with van der Waals surface area (Å²) in [7, 11) is -3.76. The predicted molar refractivity (Wildman–Crippen MR) is 72.0 cm³/mol. The molecule has 0 unspecified atom stereocenters. The lowest BCUT2D eigenvalue weighted by atomic mass is 10.3. The van der Waals surface area contributed by atoms with E-state index in [1.54, 1.807) is 6.92 Å². The van der Waals surface area contributed by atoms with Gasteiger partial charge in [-0.05, 0) is 34.1 Å². The highest BCUT2D eigenvalue weighted by Crippen LogP contribution is 2.19. The maximum absolute atomic E-state index is 13.3. The van der Waals surface area contributed by atoms with Gasteiger partial charge in [0.05, 0.1) is 9.37 Å². The lowest BCUT2D eigenvalue weighted by Gasteiger charge is -2.06. The van der Waals surface area contributed by atoms with Crippen molar-refractivity contribution in [3.63, 3.8) is 0 Å². The van der Waals surface area contributed by atoms with Crippen molar-refractivity contribution in [2.75, 3.05) is 6.54 Å². The van der Waals surface area contributed by atoms with Gasteiger partial charge in [0.25, 0.3) is 0 Å². The average Bonchev–Trinajstić information content (AvgIpc) is 2.78. The Kier molecular flexibility index (Phi) is 4.51. The van der Waals surface area contributed by atoms with Crippen LogP contribution in [-0.4, -0.2) is 25.1 Å². The van der Waals surface area contributed by atoms with E-state index in [1.807, 2.05) is 0 Å². The van der Waals surface area contributed by atoms with Gasteiger partial charge >= 0.3 is 0 Å². The maximum Gasteiger partial charge on any atom is 0.240 e. The Morgan fingerprint density at radius 2 is 2.20 bits per heavy atom. The van der Waals surface area contributed by atoms with E-state index < -0.39 is 15.8 Å². The first-order valence-electron chi connectivity index (χ1n) is 5.62. The van der Waals surface area contributed by atoms with Gasteiger partial charge in [-0.2, -0.15) is 4.98 Å². The Balaban J connectivity index is 2.02. The van der Waals surface area contributed by atoms with E-state index in [2.05, 4.69) is 30.8 Å². The van der Waals surface area contributed by atoms with Crippen molar-refractivity contribution >= 4 is 26.0 Å². The second kappa shape index (κ2) is 5.98. The summed E-state index contributed by atoms with van der Waals surface area (Å²) in [5.74, 6) is 0.187. The van der Waals surface area contributed by atoms with E-state index in [-0.39, 0.29) is 22.3 Å². The number of aromatic nitrogens is 2. The van der Waals surface area contributed by atoms with Crippen LogP contribution >= 0.6 is 15.9 Å². The Bertz CT molecular complexity index is 717. The zero-order valence-electron chi connectivity index (χ0n) is 10.4. The zero-order valence-corrected chi connectivity index (χ0v) is 12.8. The van der Waals surface area contributed by atoms with E-state index >= 15 is 0 Å². The molecule has 0 aliphatic carbocycles. The molecule has 1 aromatic heterocycles. The average molecular weight is 364 g/mol. The summed E-state index contributed by atoms with van der Waals surface area (Å²) in [5, 5.41) is 3.65. The highest BCUT2D eigenvalue weighted by Gasteiger charge is 2.15. The zero-order chi connectivity index (χ0) is 14.8. The Morgan fingerprint density at radius 3 is 2.80 bits per heavy atom. The minimum atomic E-state index is -3.76. The van der Waals surface area contributed by atoms with Crippen LogP contribution in [-0.2, 0) is 16.4 Å². The Hall–Kier alpha value is -1.32. The fourth-order valence-electron chi connectivity index (χ4n) is 1.47. The highest BCUT2D eigenvalue weighted by atomic mass is 79.9. The third kappa shape index (κ3) is 3.62. The van der Waals surface area contributed by atoms with Crippen LogP contribution in [0, 0.1) is 12.7 Å². The normalized spacial score (nSPS) is 11.8. The van der Waals surface area contributed by atoms with Crippen LogP contribution in [0.1, 0.15) is 11.7 Å². The number of nitrogens with zero attached hydrogens (tertiary/aromatic N) is 2. The van der Waals surface area contributed by atoms with Gasteiger partial charge < -0.3 is 4.52 Å². The number of aryl methyl sites for hydroxylation is 1. The molecule has 0 saturated heterocycles. The van der Waals surface area contributed by atoms with E-state index in [0.29, 0.717) is 11.7 Å². The molecule has 0 saturated carbocycles. The largest absolute Gasteiger partial charge is 0.340 e. The van der Waals surface area contributed by atoms with Crippen molar-refractivity contribution in [2.45, 2.75) is 18.2 Å². The quantitative estimate of drug-likeness (QED) is 0.875. The summed E-state index contributed by atoms with van der Waals surface area (Å²) in [4.78, 5) is 3.81. The first-order chi connectivity index (χ1) is 9.38. The van der Waals surface area contributed by atoms with Crippen molar-refractivity contribution in [1.82, 2.24) is 14.9 Å². The molecule has 20 heavy (non-hydrogen) atoms. The van der Waals surface area contributed by atoms with Gasteiger partial charge in [0.2, 0.25) is 15.9 Å². The van der Waals surface area contributed by atoms with Gasteiger partial charge in [-0.25, -0.2) is 17.5 Å². The van der Waals surface area contributed by atoms with Crippen LogP contribution in [0.5, 0.6) is 0 Å². The molecule has 0 aliphatic rings. The molecule has 0 atom stereocenters. The van der Waals surface area contributed by atoms with Crippen LogP contribution in [0.25, 0.3) is 0 Å². The molecular weight excluding hydrogens is 353 g/mol. The number of sulfonamides is 1. The van der Waals surface area contributed by atoms with Gasteiger partial charge in [0.15, 0.2) is 5.82 Å². The second-order valence-electron chi connectivity index (χ2n) is 3.95. The second-order valence-corrected chi connectivity index (χ2v) is 6.57. The van der Waals surface area contributed by atoms with E-state index in [0.717, 1.165) is 6.07 Å².